The summed E-state index contributed by atoms with van der Waals surface area (Å²) in [5.74, 6) is -1.82. The van der Waals surface area contributed by atoms with Crippen molar-refractivity contribution in [2.45, 2.75) is 32.2 Å². The highest BCUT2D eigenvalue weighted by Gasteiger charge is 2.24. The van der Waals surface area contributed by atoms with Gasteiger partial charge < -0.3 is 10.2 Å². The van der Waals surface area contributed by atoms with Gasteiger partial charge >= 0.3 is 5.97 Å². The molecule has 1 aromatic carbocycles. The van der Waals surface area contributed by atoms with Gasteiger partial charge in [0.15, 0.2) is 0 Å². The van der Waals surface area contributed by atoms with E-state index in [4.69, 9.17) is 5.11 Å². The summed E-state index contributed by atoms with van der Waals surface area (Å²) in [5, 5.41) is 22.7. The van der Waals surface area contributed by atoms with Crippen LogP contribution in [0.4, 0.5) is 5.69 Å². The van der Waals surface area contributed by atoms with Crippen molar-refractivity contribution in [1.82, 2.24) is 9.78 Å². The molecule has 2 aromatic rings. The maximum atomic E-state index is 12.5. The number of nitrogens with one attached hydrogen (secondary N) is 1. The van der Waals surface area contributed by atoms with Gasteiger partial charge in [-0.1, -0.05) is 0 Å². The van der Waals surface area contributed by atoms with Gasteiger partial charge in [-0.3, -0.25) is 9.40 Å². The summed E-state index contributed by atoms with van der Waals surface area (Å²) in [5.41, 5.74) is 0.627. The summed E-state index contributed by atoms with van der Waals surface area (Å²) in [6, 6.07) is 3.45. The Balaban J connectivity index is 2.41. The number of aromatic nitrogens is 2. The predicted octanol–water partition coefficient (Wildman–Crippen LogP) is 1.72. The lowest BCUT2D eigenvalue weighted by Crippen LogP contribution is -2.15. The molecule has 9 heteroatoms. The minimum atomic E-state index is -3.91. The molecule has 0 aliphatic heterocycles. The van der Waals surface area contributed by atoms with Gasteiger partial charge in [-0.2, -0.15) is 5.10 Å². The summed E-state index contributed by atoms with van der Waals surface area (Å²) in [4.78, 5) is 10.9. The summed E-state index contributed by atoms with van der Waals surface area (Å²) in [6.45, 7) is 5.64. The normalized spacial score (nSPS) is 11.4. The molecule has 0 unspecified atom stereocenters. The van der Waals surface area contributed by atoms with Crippen LogP contribution in [-0.2, 0) is 16.6 Å². The van der Waals surface area contributed by atoms with Gasteiger partial charge in [-0.05, 0) is 32.9 Å². The smallest absolute Gasteiger partial charge is 0.339 e. The molecule has 0 radical (unpaired) electrons. The van der Waals surface area contributed by atoms with Crippen molar-refractivity contribution in [2.75, 3.05) is 4.72 Å². The van der Waals surface area contributed by atoms with Crippen LogP contribution in [0.5, 0.6) is 5.75 Å². The summed E-state index contributed by atoms with van der Waals surface area (Å²) in [6.07, 6.45) is 0. The number of sulfonamides is 1. The van der Waals surface area contributed by atoms with E-state index in [1.807, 2.05) is 6.92 Å². The number of hydrogen-bond acceptors (Lipinski definition) is 5. The zero-order valence-corrected chi connectivity index (χ0v) is 13.7. The molecule has 0 aliphatic rings. The van der Waals surface area contributed by atoms with Gasteiger partial charge in [-0.25, -0.2) is 13.2 Å². The number of nitrogens with zero attached hydrogens (tertiary/aromatic N) is 2. The third-order valence-electron chi connectivity index (χ3n) is 3.36. The highest BCUT2D eigenvalue weighted by atomic mass is 32.2. The van der Waals surface area contributed by atoms with Crippen molar-refractivity contribution < 1.29 is 23.4 Å². The molecule has 0 fully saturated rings. The van der Waals surface area contributed by atoms with Gasteiger partial charge in [0.1, 0.15) is 16.2 Å². The summed E-state index contributed by atoms with van der Waals surface area (Å²) >= 11 is 0. The molecule has 2 rings (SSSR count). The van der Waals surface area contributed by atoms with Crippen molar-refractivity contribution in [3.63, 3.8) is 0 Å². The quantitative estimate of drug-likeness (QED) is 0.762. The average Bonchev–Trinajstić information content (AvgIpc) is 2.72. The number of aromatic carboxylic acids is 1. The molecule has 0 saturated carbocycles. The van der Waals surface area contributed by atoms with Crippen LogP contribution < -0.4 is 4.72 Å². The van der Waals surface area contributed by atoms with Crippen molar-refractivity contribution in [3.8, 4) is 5.75 Å². The van der Waals surface area contributed by atoms with E-state index in [0.29, 0.717) is 17.9 Å². The first-order chi connectivity index (χ1) is 10.7. The van der Waals surface area contributed by atoms with Crippen LogP contribution in [0.15, 0.2) is 23.1 Å². The first-order valence-electron chi connectivity index (χ1n) is 6.80. The molecule has 0 amide bonds. The molecule has 1 heterocycles. The monoisotopic (exact) mass is 339 g/mol. The average molecular weight is 339 g/mol. The van der Waals surface area contributed by atoms with E-state index < -0.39 is 21.7 Å². The van der Waals surface area contributed by atoms with Crippen LogP contribution in [0.2, 0.25) is 0 Å². The Morgan fingerprint density at radius 3 is 2.48 bits per heavy atom. The molecule has 3 N–H and O–H groups in total. The zero-order chi connectivity index (χ0) is 17.4. The van der Waals surface area contributed by atoms with Crippen LogP contribution in [0.1, 0.15) is 28.7 Å². The number of aryl methyl sites for hydroxylation is 2. The fraction of sp³-hybridized carbons (Fsp3) is 0.286. The van der Waals surface area contributed by atoms with Crippen LogP contribution in [0.3, 0.4) is 0 Å². The van der Waals surface area contributed by atoms with Gasteiger partial charge in [0.05, 0.1) is 17.1 Å². The molecular weight excluding hydrogens is 322 g/mol. The van der Waals surface area contributed by atoms with Crippen LogP contribution >= 0.6 is 0 Å². The van der Waals surface area contributed by atoms with Crippen molar-refractivity contribution in [1.29, 1.82) is 0 Å². The number of benzene rings is 1. The second-order valence-electron chi connectivity index (χ2n) is 4.96. The Morgan fingerprint density at radius 1 is 1.35 bits per heavy atom. The summed E-state index contributed by atoms with van der Waals surface area (Å²) < 4.78 is 29.0. The lowest BCUT2D eigenvalue weighted by atomic mass is 10.2. The molecule has 8 nitrogen and oxygen atoms in total. The number of carbonyl (C=O) groups is 1. The fourth-order valence-electron chi connectivity index (χ4n) is 2.36. The summed E-state index contributed by atoms with van der Waals surface area (Å²) in [7, 11) is -3.91. The number of phenols is 1. The predicted molar refractivity (Wildman–Crippen MR) is 83.2 cm³/mol. The molecule has 0 saturated heterocycles. The lowest BCUT2D eigenvalue weighted by molar-refractivity contribution is 0.0694. The number of anilines is 1. The topological polar surface area (TPSA) is 122 Å². The van der Waals surface area contributed by atoms with Gasteiger partial charge in [0.25, 0.3) is 10.0 Å². The van der Waals surface area contributed by atoms with E-state index in [9.17, 15) is 18.3 Å². The number of carboxylic acids is 1. The van der Waals surface area contributed by atoms with Gasteiger partial charge in [-0.15, -0.1) is 0 Å². The van der Waals surface area contributed by atoms with Crippen molar-refractivity contribution >= 4 is 21.7 Å². The van der Waals surface area contributed by atoms with Crippen molar-refractivity contribution in [2.24, 2.45) is 0 Å². The van der Waals surface area contributed by atoms with E-state index in [1.54, 1.807) is 18.5 Å². The van der Waals surface area contributed by atoms with E-state index >= 15 is 0 Å². The number of rotatable bonds is 5. The van der Waals surface area contributed by atoms with Crippen molar-refractivity contribution in [3.05, 3.63) is 35.2 Å². The molecule has 124 valence electrons. The zero-order valence-electron chi connectivity index (χ0n) is 12.9. The molecule has 0 bridgehead atoms. The first-order valence-corrected chi connectivity index (χ1v) is 8.28. The van der Waals surface area contributed by atoms with E-state index in [-0.39, 0.29) is 16.1 Å². The molecular formula is C14H17N3O5S. The Kier molecular flexibility index (Phi) is 4.33. The second-order valence-corrected chi connectivity index (χ2v) is 6.58. The van der Waals surface area contributed by atoms with E-state index in [2.05, 4.69) is 9.82 Å². The van der Waals surface area contributed by atoms with Crippen LogP contribution in [0.25, 0.3) is 0 Å². The molecule has 0 aliphatic carbocycles. The fourth-order valence-corrected chi connectivity index (χ4v) is 3.82. The number of hydrogen-bond donors (Lipinski definition) is 3. The maximum Gasteiger partial charge on any atom is 0.339 e. The molecule has 23 heavy (non-hydrogen) atoms. The van der Waals surface area contributed by atoms with E-state index in [1.165, 1.54) is 6.07 Å². The standard InChI is InChI=1S/C14H17N3O5S/c1-4-17-9(3)13(8(2)15-17)23(21,22)16-10-5-6-11(14(19)20)12(18)7-10/h5-7,16,18H,4H2,1-3H3,(H,19,20). The first kappa shape index (κ1) is 16.8. The third-order valence-corrected chi connectivity index (χ3v) is 5.00. The van der Waals surface area contributed by atoms with E-state index in [0.717, 1.165) is 12.1 Å². The number of aromatic hydroxyl groups is 1. The molecule has 0 atom stereocenters. The number of carboxylic acid groups (broad SMARTS) is 1. The minimum Gasteiger partial charge on any atom is -0.507 e. The molecule has 1 aromatic heterocycles. The van der Waals surface area contributed by atoms with Gasteiger partial charge in [0.2, 0.25) is 0 Å². The Morgan fingerprint density at radius 2 is 2.00 bits per heavy atom. The highest BCUT2D eigenvalue weighted by Crippen LogP contribution is 2.26. The molecule has 0 spiro atoms. The Bertz CT molecular complexity index is 871. The minimum absolute atomic E-state index is 0.0653. The van der Waals surface area contributed by atoms with Crippen LogP contribution in [-0.4, -0.2) is 34.4 Å². The maximum absolute atomic E-state index is 12.5. The largest absolute Gasteiger partial charge is 0.507 e. The third kappa shape index (κ3) is 3.14. The van der Waals surface area contributed by atoms with Gasteiger partial charge in [0, 0.05) is 12.6 Å². The Hall–Kier alpha value is -2.55. The SMILES string of the molecule is CCn1nc(C)c(S(=O)(=O)Nc2ccc(C(=O)O)c(O)c2)c1C. The Labute approximate surface area is 133 Å². The van der Waals surface area contributed by atoms with Crippen LogP contribution in [0, 0.1) is 13.8 Å². The lowest BCUT2D eigenvalue weighted by Gasteiger charge is -2.10. The highest BCUT2D eigenvalue weighted by molar-refractivity contribution is 7.92. The second kappa shape index (κ2) is 5.92.